The van der Waals surface area contributed by atoms with E-state index in [0.29, 0.717) is 39.0 Å². The van der Waals surface area contributed by atoms with Crippen LogP contribution in [-0.4, -0.2) is 59.9 Å². The fraction of sp³-hybridized carbons (Fsp3) is 0.471. The minimum Gasteiger partial charge on any atom is -0.341 e. The van der Waals surface area contributed by atoms with Crippen LogP contribution in [0.15, 0.2) is 30.3 Å². The van der Waals surface area contributed by atoms with Crippen molar-refractivity contribution in [3.63, 3.8) is 0 Å². The summed E-state index contributed by atoms with van der Waals surface area (Å²) < 4.78 is 0. The Bertz CT molecular complexity index is 638. The second-order valence-electron chi connectivity index (χ2n) is 6.53. The standard InChI is InChI=1S/C17H22N4O3/c1-20(11-13-5-3-2-4-6-13)12-14(22)21-9-7-17(8-10-21)15(23)18-16(24)19-17/h2-6H,7-12H2,1H3,(H2,18,19,23,24). The van der Waals surface area contributed by atoms with Crippen molar-refractivity contribution in [1.82, 2.24) is 20.4 Å². The van der Waals surface area contributed by atoms with Gasteiger partial charge in [0.2, 0.25) is 5.91 Å². The van der Waals surface area contributed by atoms with Crippen LogP contribution in [0, 0.1) is 0 Å². The first-order valence-corrected chi connectivity index (χ1v) is 8.12. The Hall–Kier alpha value is -2.41. The van der Waals surface area contributed by atoms with Gasteiger partial charge in [-0.05, 0) is 25.5 Å². The largest absolute Gasteiger partial charge is 0.341 e. The molecule has 2 N–H and O–H groups in total. The summed E-state index contributed by atoms with van der Waals surface area (Å²) in [5.74, 6) is -0.228. The van der Waals surface area contributed by atoms with E-state index in [-0.39, 0.29) is 11.8 Å². The topological polar surface area (TPSA) is 81.8 Å². The van der Waals surface area contributed by atoms with Gasteiger partial charge in [-0.2, -0.15) is 0 Å². The van der Waals surface area contributed by atoms with E-state index < -0.39 is 11.6 Å². The highest BCUT2D eigenvalue weighted by atomic mass is 16.2. The summed E-state index contributed by atoms with van der Waals surface area (Å²) in [5, 5.41) is 4.98. The summed E-state index contributed by atoms with van der Waals surface area (Å²) in [7, 11) is 1.92. The number of nitrogens with zero attached hydrogens (tertiary/aromatic N) is 2. The maximum Gasteiger partial charge on any atom is 0.322 e. The third kappa shape index (κ3) is 3.41. The lowest BCUT2D eigenvalue weighted by molar-refractivity contribution is -0.136. The number of amides is 4. The summed E-state index contributed by atoms with van der Waals surface area (Å²) in [6.45, 7) is 2.00. The van der Waals surface area contributed by atoms with E-state index in [2.05, 4.69) is 10.6 Å². The van der Waals surface area contributed by atoms with Crippen LogP contribution in [0.25, 0.3) is 0 Å². The summed E-state index contributed by atoms with van der Waals surface area (Å²) in [4.78, 5) is 39.4. The van der Waals surface area contributed by atoms with Gasteiger partial charge in [-0.15, -0.1) is 0 Å². The molecule has 0 radical (unpaired) electrons. The maximum atomic E-state index is 12.4. The fourth-order valence-corrected chi connectivity index (χ4v) is 3.30. The predicted octanol–water partition coefficient (Wildman–Crippen LogP) is 0.319. The third-order valence-electron chi connectivity index (χ3n) is 4.68. The highest BCUT2D eigenvalue weighted by Crippen LogP contribution is 2.25. The molecule has 0 unspecified atom stereocenters. The molecule has 0 atom stereocenters. The normalized spacial score (nSPS) is 19.5. The van der Waals surface area contributed by atoms with Gasteiger partial charge in [0, 0.05) is 19.6 Å². The van der Waals surface area contributed by atoms with Crippen molar-refractivity contribution < 1.29 is 14.4 Å². The van der Waals surface area contributed by atoms with Crippen molar-refractivity contribution in [3.05, 3.63) is 35.9 Å². The van der Waals surface area contributed by atoms with Crippen LogP contribution in [0.1, 0.15) is 18.4 Å². The average Bonchev–Trinajstić information content (AvgIpc) is 2.82. The van der Waals surface area contributed by atoms with Gasteiger partial charge in [-0.3, -0.25) is 19.8 Å². The van der Waals surface area contributed by atoms with Crippen molar-refractivity contribution in [2.24, 2.45) is 0 Å². The molecule has 0 aromatic heterocycles. The number of likely N-dealkylation sites (N-methyl/N-ethyl adjacent to an activating group) is 1. The number of urea groups is 1. The van der Waals surface area contributed by atoms with Crippen LogP contribution in [0.2, 0.25) is 0 Å². The second-order valence-corrected chi connectivity index (χ2v) is 6.53. The molecule has 2 heterocycles. The number of likely N-dealkylation sites (tertiary alicyclic amines) is 1. The molecule has 7 heteroatoms. The van der Waals surface area contributed by atoms with Gasteiger partial charge in [0.15, 0.2) is 0 Å². The first kappa shape index (κ1) is 16.4. The van der Waals surface area contributed by atoms with Crippen molar-refractivity contribution in [2.45, 2.75) is 24.9 Å². The Morgan fingerprint density at radius 1 is 1.21 bits per heavy atom. The zero-order chi connectivity index (χ0) is 17.2. The van der Waals surface area contributed by atoms with Gasteiger partial charge < -0.3 is 10.2 Å². The molecule has 0 aliphatic carbocycles. The number of imide groups is 1. The van der Waals surface area contributed by atoms with Crippen LogP contribution < -0.4 is 10.6 Å². The van der Waals surface area contributed by atoms with Crippen molar-refractivity contribution >= 4 is 17.8 Å². The maximum absolute atomic E-state index is 12.4. The molecular weight excluding hydrogens is 308 g/mol. The molecule has 2 aliphatic heterocycles. The zero-order valence-corrected chi connectivity index (χ0v) is 13.7. The molecule has 1 aromatic rings. The van der Waals surface area contributed by atoms with Gasteiger partial charge in [-0.25, -0.2) is 4.79 Å². The Kier molecular flexibility index (Phi) is 4.53. The minimum atomic E-state index is -0.830. The lowest BCUT2D eigenvalue weighted by Crippen LogP contribution is -2.56. The number of nitrogens with one attached hydrogen (secondary N) is 2. The summed E-state index contributed by atoms with van der Waals surface area (Å²) in [5.41, 5.74) is 0.333. The lowest BCUT2D eigenvalue weighted by atomic mass is 9.87. The molecule has 2 fully saturated rings. The molecule has 24 heavy (non-hydrogen) atoms. The van der Waals surface area contributed by atoms with E-state index in [1.165, 1.54) is 0 Å². The van der Waals surface area contributed by atoms with E-state index in [1.54, 1.807) is 4.90 Å². The molecular formula is C17H22N4O3. The molecule has 1 spiro atoms. The smallest absolute Gasteiger partial charge is 0.322 e. The monoisotopic (exact) mass is 330 g/mol. The highest BCUT2D eigenvalue weighted by Gasteiger charge is 2.48. The predicted molar refractivity (Wildman–Crippen MR) is 88.0 cm³/mol. The highest BCUT2D eigenvalue weighted by molar-refractivity contribution is 6.07. The lowest BCUT2D eigenvalue weighted by Gasteiger charge is -2.37. The molecule has 7 nitrogen and oxygen atoms in total. The zero-order valence-electron chi connectivity index (χ0n) is 13.7. The molecule has 2 aliphatic rings. The number of carbonyl (C=O) groups excluding carboxylic acids is 3. The number of carbonyl (C=O) groups is 3. The Balaban J connectivity index is 1.50. The van der Waals surface area contributed by atoms with Gasteiger partial charge >= 0.3 is 6.03 Å². The summed E-state index contributed by atoms with van der Waals surface area (Å²) >= 11 is 0. The van der Waals surface area contributed by atoms with Crippen LogP contribution in [-0.2, 0) is 16.1 Å². The van der Waals surface area contributed by atoms with Crippen molar-refractivity contribution in [2.75, 3.05) is 26.7 Å². The molecule has 2 saturated heterocycles. The Morgan fingerprint density at radius 3 is 2.46 bits per heavy atom. The quantitative estimate of drug-likeness (QED) is 0.779. The molecule has 128 valence electrons. The van der Waals surface area contributed by atoms with Gasteiger partial charge in [0.25, 0.3) is 5.91 Å². The van der Waals surface area contributed by atoms with Crippen LogP contribution in [0.5, 0.6) is 0 Å². The summed E-state index contributed by atoms with van der Waals surface area (Å²) in [6.07, 6.45) is 0.914. The molecule has 0 bridgehead atoms. The van der Waals surface area contributed by atoms with Crippen molar-refractivity contribution in [3.8, 4) is 0 Å². The van der Waals surface area contributed by atoms with E-state index in [0.717, 1.165) is 5.56 Å². The third-order valence-corrected chi connectivity index (χ3v) is 4.68. The van der Waals surface area contributed by atoms with Crippen LogP contribution >= 0.6 is 0 Å². The first-order valence-electron chi connectivity index (χ1n) is 8.12. The molecule has 1 aromatic carbocycles. The molecule has 0 saturated carbocycles. The Morgan fingerprint density at radius 2 is 1.88 bits per heavy atom. The SMILES string of the molecule is CN(CC(=O)N1CCC2(CC1)NC(=O)NC2=O)Cc1ccccc1. The van der Waals surface area contributed by atoms with Gasteiger partial charge in [0.1, 0.15) is 5.54 Å². The van der Waals surface area contributed by atoms with Gasteiger partial charge in [0.05, 0.1) is 6.54 Å². The average molecular weight is 330 g/mol. The minimum absolute atomic E-state index is 0.0491. The first-order chi connectivity index (χ1) is 11.5. The molecule has 3 rings (SSSR count). The number of rotatable bonds is 4. The van der Waals surface area contributed by atoms with Crippen LogP contribution in [0.3, 0.4) is 0 Å². The van der Waals surface area contributed by atoms with E-state index in [4.69, 9.17) is 0 Å². The molecule has 4 amide bonds. The second kappa shape index (κ2) is 6.60. The number of piperidine rings is 1. The number of hydrogen-bond donors (Lipinski definition) is 2. The Labute approximate surface area is 141 Å². The fourth-order valence-electron chi connectivity index (χ4n) is 3.30. The van der Waals surface area contributed by atoms with Crippen LogP contribution in [0.4, 0.5) is 4.79 Å². The number of benzene rings is 1. The van der Waals surface area contributed by atoms with E-state index in [9.17, 15) is 14.4 Å². The van der Waals surface area contributed by atoms with E-state index >= 15 is 0 Å². The summed E-state index contributed by atoms with van der Waals surface area (Å²) in [6, 6.07) is 9.56. The van der Waals surface area contributed by atoms with Crippen molar-refractivity contribution in [1.29, 1.82) is 0 Å². The van der Waals surface area contributed by atoms with E-state index in [1.807, 2.05) is 42.3 Å². The van der Waals surface area contributed by atoms with Gasteiger partial charge in [-0.1, -0.05) is 30.3 Å². The number of hydrogen-bond acceptors (Lipinski definition) is 4.